The highest BCUT2D eigenvalue weighted by molar-refractivity contribution is 5.74. The van der Waals surface area contributed by atoms with E-state index in [0.29, 0.717) is 0 Å². The van der Waals surface area contributed by atoms with Crippen molar-refractivity contribution in [1.29, 1.82) is 0 Å². The number of halogens is 1. The smallest absolute Gasteiger partial charge is 0.365 e. The molecule has 0 aromatic rings. The minimum atomic E-state index is 0. The lowest BCUT2D eigenvalue weighted by Gasteiger charge is -2.34. The fraction of sp³-hybridized carbons (Fsp3) is 0.929. The van der Waals surface area contributed by atoms with Gasteiger partial charge in [-0.3, -0.25) is 9.89 Å². The molecule has 0 aliphatic carbocycles. The third kappa shape index (κ3) is 5.19. The predicted molar refractivity (Wildman–Crippen MR) is 77.8 cm³/mol. The van der Waals surface area contributed by atoms with E-state index in [1.54, 1.807) is 0 Å². The first-order valence-electron chi connectivity index (χ1n) is 7.66. The molecular formula is C14H31ClN4. The summed E-state index contributed by atoms with van der Waals surface area (Å²) in [7, 11) is 0. The van der Waals surface area contributed by atoms with Crippen molar-refractivity contribution in [2.24, 2.45) is 0 Å². The Kier molecular flexibility index (Phi) is 10.1. The van der Waals surface area contributed by atoms with Gasteiger partial charge in [0.25, 0.3) is 0 Å². The number of hydrogen-bond donors (Lipinski definition) is 1. The van der Waals surface area contributed by atoms with Crippen LogP contribution in [0.25, 0.3) is 0 Å². The normalized spacial score (nSPS) is 15.6. The second kappa shape index (κ2) is 10.3. The van der Waals surface area contributed by atoms with Gasteiger partial charge in [0.1, 0.15) is 0 Å². The van der Waals surface area contributed by atoms with Crippen molar-refractivity contribution in [3.8, 4) is 0 Å². The van der Waals surface area contributed by atoms with E-state index >= 15 is 0 Å². The van der Waals surface area contributed by atoms with Gasteiger partial charge in [-0.25, -0.2) is 0 Å². The fourth-order valence-corrected chi connectivity index (χ4v) is 2.65. The van der Waals surface area contributed by atoms with Gasteiger partial charge in [0, 0.05) is 13.1 Å². The molecule has 0 aromatic heterocycles. The monoisotopic (exact) mass is 290 g/mol. The van der Waals surface area contributed by atoms with Crippen LogP contribution in [0.2, 0.25) is 0 Å². The van der Waals surface area contributed by atoms with Crippen LogP contribution in [0.3, 0.4) is 0 Å². The summed E-state index contributed by atoms with van der Waals surface area (Å²) in [5, 5.41) is 8.51. The van der Waals surface area contributed by atoms with E-state index in [2.05, 4.69) is 47.6 Å². The average Bonchev–Trinajstić information content (AvgIpc) is 2.42. The van der Waals surface area contributed by atoms with Crippen LogP contribution in [-0.2, 0) is 0 Å². The zero-order valence-electron chi connectivity index (χ0n) is 13.1. The highest BCUT2D eigenvalue weighted by atomic mass is 35.5. The van der Waals surface area contributed by atoms with Crippen LogP contribution in [-0.4, -0.2) is 59.8 Å². The van der Waals surface area contributed by atoms with E-state index in [-0.39, 0.29) is 12.4 Å². The van der Waals surface area contributed by atoms with Crippen molar-refractivity contribution >= 4 is 5.96 Å². The lowest BCUT2D eigenvalue weighted by molar-refractivity contribution is -0.529. The number of piperidine rings is 1. The number of nitrogens with one attached hydrogen (secondary N) is 1. The number of nitrogens with zero attached hydrogens (tertiary/aromatic N) is 3. The number of guanidine groups is 1. The maximum Gasteiger partial charge on any atom is 0.365 e. The Morgan fingerprint density at radius 2 is 1.63 bits per heavy atom. The predicted octanol–water partition coefficient (Wildman–Crippen LogP) is -1.27. The molecule has 1 rings (SSSR count). The maximum atomic E-state index is 3.56. The van der Waals surface area contributed by atoms with Gasteiger partial charge >= 0.3 is 5.96 Å². The molecule has 0 amide bonds. The molecule has 0 aromatic carbocycles. The molecule has 1 fully saturated rings. The molecule has 1 aliphatic heterocycles. The molecule has 0 bridgehead atoms. The van der Waals surface area contributed by atoms with Crippen molar-refractivity contribution in [2.45, 2.75) is 47.0 Å². The quantitative estimate of drug-likeness (QED) is 0.388. The van der Waals surface area contributed by atoms with Crippen LogP contribution in [0.1, 0.15) is 47.0 Å². The van der Waals surface area contributed by atoms with Gasteiger partial charge in [-0.05, 0) is 40.5 Å². The summed E-state index contributed by atoms with van der Waals surface area (Å²) in [5.41, 5.74) is 0. The molecule has 1 saturated heterocycles. The van der Waals surface area contributed by atoms with E-state index in [1.807, 2.05) is 0 Å². The van der Waals surface area contributed by atoms with Gasteiger partial charge in [0.05, 0.1) is 26.2 Å². The van der Waals surface area contributed by atoms with Gasteiger partial charge in [0.15, 0.2) is 0 Å². The largest absolute Gasteiger partial charge is 1.00 e. The highest BCUT2D eigenvalue weighted by Gasteiger charge is 2.27. The van der Waals surface area contributed by atoms with E-state index in [4.69, 9.17) is 0 Å². The molecule has 19 heavy (non-hydrogen) atoms. The topological polar surface area (TPSA) is 21.5 Å². The second-order valence-corrected chi connectivity index (χ2v) is 4.76. The Morgan fingerprint density at radius 1 is 1.05 bits per heavy atom. The minimum absolute atomic E-state index is 0. The average molecular weight is 291 g/mol. The van der Waals surface area contributed by atoms with E-state index in [1.165, 1.54) is 38.3 Å². The third-order valence-corrected chi connectivity index (χ3v) is 3.62. The van der Waals surface area contributed by atoms with Crippen LogP contribution in [0.4, 0.5) is 0 Å². The molecule has 1 heterocycles. The molecule has 0 unspecified atom stereocenters. The molecule has 114 valence electrons. The van der Waals surface area contributed by atoms with Crippen molar-refractivity contribution in [2.75, 3.05) is 39.3 Å². The Labute approximate surface area is 125 Å². The molecule has 0 atom stereocenters. The summed E-state index contributed by atoms with van der Waals surface area (Å²) in [6.07, 6.45) is 4.04. The van der Waals surface area contributed by atoms with Gasteiger partial charge < -0.3 is 12.4 Å². The highest BCUT2D eigenvalue weighted by Crippen LogP contribution is 2.11. The number of rotatable bonds is 5. The number of hydrazine groups is 1. The molecule has 5 heteroatoms. The molecule has 1 N–H and O–H groups in total. The first kappa shape index (κ1) is 18.5. The molecular weight excluding hydrogens is 260 g/mol. The zero-order valence-corrected chi connectivity index (χ0v) is 13.8. The minimum Gasteiger partial charge on any atom is -1.00 e. The van der Waals surface area contributed by atoms with Crippen LogP contribution in [0.15, 0.2) is 0 Å². The second-order valence-electron chi connectivity index (χ2n) is 4.76. The standard InChI is InChI=1S/C14H30N4.ClH/c1-5-15-14(16(6-2)7-3)18(8-4)17-12-10-9-11-13-17;/h5-13H2,1-4H3;1H. The zero-order chi connectivity index (χ0) is 13.4. The molecule has 4 nitrogen and oxygen atoms in total. The van der Waals surface area contributed by atoms with Gasteiger partial charge in [0.2, 0.25) is 0 Å². The summed E-state index contributed by atoms with van der Waals surface area (Å²) in [4.78, 5) is 0. The van der Waals surface area contributed by atoms with E-state index in [9.17, 15) is 0 Å². The van der Waals surface area contributed by atoms with Crippen LogP contribution >= 0.6 is 0 Å². The van der Waals surface area contributed by atoms with E-state index < -0.39 is 0 Å². The number of hydrogen-bond acceptors (Lipinski definition) is 1. The SMILES string of the molecule is CCNC(N(CC)N1CCCCC1)=[N+](CC)CC.[Cl-]. The Balaban J connectivity index is 0.00000324. The van der Waals surface area contributed by atoms with Gasteiger partial charge in [-0.15, -0.1) is 0 Å². The first-order valence-corrected chi connectivity index (χ1v) is 7.66. The third-order valence-electron chi connectivity index (χ3n) is 3.62. The first-order chi connectivity index (χ1) is 8.78. The van der Waals surface area contributed by atoms with Crippen LogP contribution in [0.5, 0.6) is 0 Å². The maximum absolute atomic E-state index is 3.56. The molecule has 1 aliphatic rings. The Hall–Kier alpha value is -0.480. The summed E-state index contributed by atoms with van der Waals surface area (Å²) in [6, 6.07) is 0. The summed E-state index contributed by atoms with van der Waals surface area (Å²) >= 11 is 0. The van der Waals surface area contributed by atoms with Crippen molar-refractivity contribution < 1.29 is 17.0 Å². The molecule has 0 saturated carbocycles. The summed E-state index contributed by atoms with van der Waals surface area (Å²) < 4.78 is 2.42. The van der Waals surface area contributed by atoms with Crippen molar-refractivity contribution in [3.05, 3.63) is 0 Å². The van der Waals surface area contributed by atoms with Crippen molar-refractivity contribution in [1.82, 2.24) is 15.3 Å². The molecule has 0 radical (unpaired) electrons. The summed E-state index contributed by atoms with van der Waals surface area (Å²) in [6.45, 7) is 15.4. The Morgan fingerprint density at radius 3 is 2.05 bits per heavy atom. The lowest BCUT2D eigenvalue weighted by atomic mass is 10.2. The van der Waals surface area contributed by atoms with Gasteiger partial charge in [-0.2, -0.15) is 10.0 Å². The van der Waals surface area contributed by atoms with Gasteiger partial charge in [-0.1, -0.05) is 6.42 Å². The Bertz CT molecular complexity index is 256. The summed E-state index contributed by atoms with van der Waals surface area (Å²) in [5.74, 6) is 1.28. The van der Waals surface area contributed by atoms with E-state index in [0.717, 1.165) is 26.2 Å². The lowest BCUT2D eigenvalue weighted by Crippen LogP contribution is -3.00. The molecule has 0 spiro atoms. The van der Waals surface area contributed by atoms with Crippen LogP contribution in [0, 0.1) is 0 Å². The van der Waals surface area contributed by atoms with Crippen molar-refractivity contribution in [3.63, 3.8) is 0 Å². The van der Waals surface area contributed by atoms with Crippen LogP contribution < -0.4 is 17.7 Å². The fourth-order valence-electron chi connectivity index (χ4n) is 2.65.